The molecule has 2 bridgehead atoms. The summed E-state index contributed by atoms with van der Waals surface area (Å²) < 4.78 is 41.6. The van der Waals surface area contributed by atoms with E-state index in [-0.39, 0.29) is 22.2 Å². The van der Waals surface area contributed by atoms with Crippen LogP contribution in [0.5, 0.6) is 0 Å². The van der Waals surface area contributed by atoms with E-state index in [1.807, 2.05) is 0 Å². The van der Waals surface area contributed by atoms with Gasteiger partial charge in [-0.2, -0.15) is 0 Å². The highest BCUT2D eigenvalue weighted by molar-refractivity contribution is 7.89. The zero-order valence-electron chi connectivity index (χ0n) is 11.8. The summed E-state index contributed by atoms with van der Waals surface area (Å²) in [7, 11) is -3.70. The largest absolute Gasteiger partial charge is 0.399 e. The molecular formula is C15H19FN2O2S. The summed E-state index contributed by atoms with van der Waals surface area (Å²) >= 11 is 0. The quantitative estimate of drug-likeness (QED) is 0.839. The molecule has 0 aliphatic heterocycles. The normalized spacial score (nSPS) is 36.8. The van der Waals surface area contributed by atoms with E-state index in [1.165, 1.54) is 32.3 Å². The Morgan fingerprint density at radius 1 is 1.24 bits per heavy atom. The van der Waals surface area contributed by atoms with E-state index in [4.69, 9.17) is 5.73 Å². The third-order valence-electron chi connectivity index (χ3n) is 5.64. The van der Waals surface area contributed by atoms with Crippen molar-refractivity contribution in [3.05, 3.63) is 23.5 Å². The van der Waals surface area contributed by atoms with Gasteiger partial charge in [0.15, 0.2) is 0 Å². The Morgan fingerprint density at radius 3 is 2.48 bits per heavy atom. The molecule has 1 aromatic carbocycles. The van der Waals surface area contributed by atoms with Crippen LogP contribution in [0.15, 0.2) is 17.0 Å². The lowest BCUT2D eigenvalue weighted by Crippen LogP contribution is -2.30. The average molecular weight is 310 g/mol. The molecule has 0 saturated heterocycles. The molecule has 0 aromatic heterocycles. The van der Waals surface area contributed by atoms with Crippen LogP contribution in [0.3, 0.4) is 0 Å². The molecule has 3 N–H and O–H groups in total. The van der Waals surface area contributed by atoms with Gasteiger partial charge in [0.2, 0.25) is 10.0 Å². The van der Waals surface area contributed by atoms with Crippen molar-refractivity contribution in [2.24, 2.45) is 23.7 Å². The highest BCUT2D eigenvalue weighted by Crippen LogP contribution is 2.65. The molecule has 21 heavy (non-hydrogen) atoms. The molecule has 114 valence electrons. The first-order valence-corrected chi connectivity index (χ1v) is 8.95. The second kappa shape index (κ2) is 4.20. The molecule has 6 heteroatoms. The average Bonchev–Trinajstić information content (AvgIpc) is 2.82. The number of hydrogen-bond acceptors (Lipinski definition) is 3. The predicted molar refractivity (Wildman–Crippen MR) is 77.5 cm³/mol. The smallest absolute Gasteiger partial charge is 0.241 e. The first-order valence-electron chi connectivity index (χ1n) is 7.46. The van der Waals surface area contributed by atoms with Gasteiger partial charge in [-0.3, -0.25) is 0 Å². The molecule has 3 saturated carbocycles. The van der Waals surface area contributed by atoms with Gasteiger partial charge in [-0.05, 0) is 62.0 Å². The van der Waals surface area contributed by atoms with E-state index in [9.17, 15) is 12.8 Å². The summed E-state index contributed by atoms with van der Waals surface area (Å²) in [6, 6.07) is 2.54. The molecule has 4 rings (SSSR count). The minimum absolute atomic E-state index is 0.0303. The van der Waals surface area contributed by atoms with E-state index < -0.39 is 15.8 Å². The van der Waals surface area contributed by atoms with E-state index in [2.05, 4.69) is 4.72 Å². The molecular weight excluding hydrogens is 291 g/mol. The number of fused-ring (bicyclic) bond motifs is 5. The number of benzene rings is 1. The van der Waals surface area contributed by atoms with Crippen LogP contribution in [0.4, 0.5) is 10.1 Å². The Hall–Kier alpha value is -1.14. The number of nitrogens with one attached hydrogen (secondary N) is 1. The van der Waals surface area contributed by atoms with E-state index in [0.717, 1.165) is 6.07 Å². The van der Waals surface area contributed by atoms with Crippen LogP contribution >= 0.6 is 0 Å². The summed E-state index contributed by atoms with van der Waals surface area (Å²) in [6.45, 7) is 1.47. The van der Waals surface area contributed by atoms with Crippen molar-refractivity contribution in [2.75, 3.05) is 5.73 Å². The van der Waals surface area contributed by atoms with Crippen LogP contribution in [0.2, 0.25) is 0 Å². The Balaban J connectivity index is 1.61. The number of hydrogen-bond donors (Lipinski definition) is 2. The van der Waals surface area contributed by atoms with Crippen LogP contribution in [-0.2, 0) is 10.0 Å². The Morgan fingerprint density at radius 2 is 1.86 bits per heavy atom. The van der Waals surface area contributed by atoms with Crippen LogP contribution in [-0.4, -0.2) is 14.5 Å². The minimum Gasteiger partial charge on any atom is -0.399 e. The molecule has 4 nitrogen and oxygen atoms in total. The Kier molecular flexibility index (Phi) is 2.70. The van der Waals surface area contributed by atoms with Gasteiger partial charge in [-0.1, -0.05) is 0 Å². The van der Waals surface area contributed by atoms with Crippen LogP contribution in [0.25, 0.3) is 0 Å². The van der Waals surface area contributed by atoms with Crippen LogP contribution in [0.1, 0.15) is 24.8 Å². The second-order valence-corrected chi connectivity index (χ2v) is 8.44. The van der Waals surface area contributed by atoms with Crippen molar-refractivity contribution in [3.63, 3.8) is 0 Å². The molecule has 0 heterocycles. The standard InChI is InChI=1S/C15H19FN2O2S/c1-7-11(16)5-10(17)6-12(7)21(19,20)18-15-13-8-2-3-9(4-8)14(13)15/h5-6,8-9,13-15,18H,2-4,17H2,1H3. The highest BCUT2D eigenvalue weighted by atomic mass is 32.2. The maximum atomic E-state index is 13.7. The van der Waals surface area contributed by atoms with Crippen molar-refractivity contribution in [1.29, 1.82) is 0 Å². The molecule has 1 aromatic rings. The van der Waals surface area contributed by atoms with Gasteiger partial charge in [0.25, 0.3) is 0 Å². The monoisotopic (exact) mass is 310 g/mol. The second-order valence-electron chi connectivity index (χ2n) is 6.76. The van der Waals surface area contributed by atoms with Gasteiger partial charge in [0.1, 0.15) is 5.82 Å². The van der Waals surface area contributed by atoms with Crippen LogP contribution in [0, 0.1) is 36.4 Å². The maximum Gasteiger partial charge on any atom is 0.241 e. The predicted octanol–water partition coefficient (Wildman–Crippen LogP) is 2.04. The summed E-state index contributed by atoms with van der Waals surface area (Å²) in [5, 5.41) is 0. The number of sulfonamides is 1. The molecule has 3 aliphatic carbocycles. The lowest BCUT2D eigenvalue weighted by atomic mass is 10.0. The zero-order valence-corrected chi connectivity index (χ0v) is 12.7. The van der Waals surface area contributed by atoms with Gasteiger partial charge in [-0.15, -0.1) is 0 Å². The zero-order chi connectivity index (χ0) is 14.9. The molecule has 4 atom stereocenters. The van der Waals surface area contributed by atoms with Crippen molar-refractivity contribution in [1.82, 2.24) is 4.72 Å². The van der Waals surface area contributed by atoms with Crippen molar-refractivity contribution in [3.8, 4) is 0 Å². The topological polar surface area (TPSA) is 72.2 Å². The van der Waals surface area contributed by atoms with Gasteiger partial charge >= 0.3 is 0 Å². The molecule has 3 aliphatic rings. The Bertz CT molecular complexity index is 703. The molecule has 3 fully saturated rings. The minimum atomic E-state index is -3.70. The number of halogens is 1. The first kappa shape index (κ1) is 13.5. The van der Waals surface area contributed by atoms with E-state index in [0.29, 0.717) is 23.7 Å². The van der Waals surface area contributed by atoms with Gasteiger partial charge in [-0.25, -0.2) is 17.5 Å². The lowest BCUT2D eigenvalue weighted by Gasteiger charge is -2.13. The number of rotatable bonds is 3. The molecule has 0 amide bonds. The van der Waals surface area contributed by atoms with Gasteiger partial charge in [0.05, 0.1) is 4.90 Å². The van der Waals surface area contributed by atoms with Gasteiger partial charge < -0.3 is 5.73 Å². The number of anilines is 1. The number of nitrogens with two attached hydrogens (primary N) is 1. The fourth-order valence-electron chi connectivity index (χ4n) is 4.68. The number of nitrogen functional groups attached to an aromatic ring is 1. The molecule has 0 spiro atoms. The summed E-state index contributed by atoms with van der Waals surface area (Å²) in [6.07, 6.45) is 3.73. The fourth-order valence-corrected chi connectivity index (χ4v) is 6.27. The summed E-state index contributed by atoms with van der Waals surface area (Å²) in [5.41, 5.74) is 5.85. The van der Waals surface area contributed by atoms with E-state index >= 15 is 0 Å². The summed E-state index contributed by atoms with van der Waals surface area (Å²) in [4.78, 5) is -0.0303. The van der Waals surface area contributed by atoms with Crippen LogP contribution < -0.4 is 10.5 Å². The molecule has 4 unspecified atom stereocenters. The lowest BCUT2D eigenvalue weighted by molar-refractivity contribution is 0.456. The molecule has 0 radical (unpaired) electrons. The highest BCUT2D eigenvalue weighted by Gasteiger charge is 2.65. The van der Waals surface area contributed by atoms with E-state index in [1.54, 1.807) is 0 Å². The van der Waals surface area contributed by atoms with Crippen molar-refractivity contribution in [2.45, 2.75) is 37.1 Å². The first-order chi connectivity index (χ1) is 9.88. The third-order valence-corrected chi connectivity index (χ3v) is 7.22. The van der Waals surface area contributed by atoms with Crippen molar-refractivity contribution < 1.29 is 12.8 Å². The summed E-state index contributed by atoms with van der Waals surface area (Å²) in [5.74, 6) is 1.80. The Labute approximate surface area is 124 Å². The van der Waals surface area contributed by atoms with Gasteiger partial charge in [0, 0.05) is 17.3 Å². The SMILES string of the molecule is Cc1c(F)cc(N)cc1S(=O)(=O)NC1C2C3CCC(C3)C12. The fraction of sp³-hybridized carbons (Fsp3) is 0.600. The maximum absolute atomic E-state index is 13.7. The van der Waals surface area contributed by atoms with Crippen molar-refractivity contribution >= 4 is 15.7 Å². The third kappa shape index (κ3) is 1.92.